The molecule has 0 rings (SSSR count). The molecule has 0 aromatic heterocycles. The Morgan fingerprint density at radius 3 is 1.33 bits per heavy atom. The van der Waals surface area contributed by atoms with E-state index in [4.69, 9.17) is 0 Å². The van der Waals surface area contributed by atoms with Crippen molar-refractivity contribution in [1.82, 2.24) is 0 Å². The van der Waals surface area contributed by atoms with Crippen molar-refractivity contribution in [1.29, 1.82) is 0 Å². The third kappa shape index (κ3) is 6.27. The van der Waals surface area contributed by atoms with Gasteiger partial charge in [0, 0.05) is 0 Å². The van der Waals surface area contributed by atoms with E-state index in [9.17, 15) is 5.11 Å². The van der Waals surface area contributed by atoms with Gasteiger partial charge in [0.1, 0.15) is 0 Å². The number of rotatable bonds is 11. The van der Waals surface area contributed by atoms with Crippen molar-refractivity contribution >= 4 is 18.4 Å². The molecule has 0 aliphatic heterocycles. The van der Waals surface area contributed by atoms with Crippen molar-refractivity contribution in [2.75, 3.05) is 0 Å². The zero-order valence-electron chi connectivity index (χ0n) is 13.5. The SMILES string of the molecule is CCC[CH2][Sn]([CH2]CCC)([CH2]CCC)[CH](C)C(C)O. The molecule has 18 heavy (non-hydrogen) atoms. The molecule has 0 aliphatic carbocycles. The average molecular weight is 363 g/mol. The van der Waals surface area contributed by atoms with E-state index in [1.165, 1.54) is 51.8 Å². The van der Waals surface area contributed by atoms with Crippen LogP contribution in [0.25, 0.3) is 0 Å². The van der Waals surface area contributed by atoms with Gasteiger partial charge in [0.15, 0.2) is 0 Å². The van der Waals surface area contributed by atoms with E-state index in [2.05, 4.69) is 27.7 Å². The summed E-state index contributed by atoms with van der Waals surface area (Å²) >= 11 is -2.12. The Bertz CT molecular complexity index is 170. The molecule has 1 N–H and O–H groups in total. The van der Waals surface area contributed by atoms with Crippen LogP contribution < -0.4 is 0 Å². The van der Waals surface area contributed by atoms with Crippen LogP contribution in [0.2, 0.25) is 17.2 Å². The second-order valence-electron chi connectivity index (χ2n) is 6.20. The van der Waals surface area contributed by atoms with Crippen LogP contribution in [0.1, 0.15) is 73.1 Å². The zero-order chi connectivity index (χ0) is 14.0. The Morgan fingerprint density at radius 2 is 1.11 bits per heavy atom. The van der Waals surface area contributed by atoms with Crippen LogP contribution in [0.4, 0.5) is 0 Å². The topological polar surface area (TPSA) is 20.2 Å². The molecule has 110 valence electrons. The van der Waals surface area contributed by atoms with E-state index in [0.717, 1.165) is 0 Å². The Morgan fingerprint density at radius 1 is 0.778 bits per heavy atom. The second-order valence-corrected chi connectivity index (χ2v) is 20.9. The molecule has 2 atom stereocenters. The first-order chi connectivity index (χ1) is 8.54. The summed E-state index contributed by atoms with van der Waals surface area (Å²) < 4.78 is 5.18. The number of unbranched alkanes of at least 4 members (excludes halogenated alkanes) is 3. The average Bonchev–Trinajstić information content (AvgIpc) is 2.37. The normalized spacial score (nSPS) is 15.7. The monoisotopic (exact) mass is 364 g/mol. The number of hydrogen-bond donors (Lipinski definition) is 1. The van der Waals surface area contributed by atoms with E-state index in [-0.39, 0.29) is 6.10 Å². The van der Waals surface area contributed by atoms with E-state index in [0.29, 0.717) is 3.93 Å². The van der Waals surface area contributed by atoms with Crippen molar-refractivity contribution in [2.45, 2.75) is 96.5 Å². The molecule has 0 amide bonds. The van der Waals surface area contributed by atoms with Gasteiger partial charge in [-0.25, -0.2) is 0 Å². The second kappa shape index (κ2) is 10.5. The van der Waals surface area contributed by atoms with Crippen LogP contribution in [-0.2, 0) is 0 Å². The van der Waals surface area contributed by atoms with Crippen molar-refractivity contribution in [3.05, 3.63) is 0 Å². The summed E-state index contributed by atoms with van der Waals surface area (Å²) in [6, 6.07) is 0. The summed E-state index contributed by atoms with van der Waals surface area (Å²) in [7, 11) is 0. The zero-order valence-corrected chi connectivity index (χ0v) is 16.3. The molecule has 0 bridgehead atoms. The summed E-state index contributed by atoms with van der Waals surface area (Å²) in [5.41, 5.74) is 0. The van der Waals surface area contributed by atoms with E-state index < -0.39 is 18.4 Å². The van der Waals surface area contributed by atoms with Crippen LogP contribution in [0.5, 0.6) is 0 Å². The first kappa shape index (κ1) is 18.8. The molecule has 2 unspecified atom stereocenters. The molecule has 0 saturated carbocycles. The van der Waals surface area contributed by atoms with E-state index in [1.54, 1.807) is 0 Å². The third-order valence-electron chi connectivity index (χ3n) is 4.77. The fourth-order valence-corrected chi connectivity index (χ4v) is 21.2. The fourth-order valence-electron chi connectivity index (χ4n) is 3.16. The number of aliphatic hydroxyl groups is 1. The van der Waals surface area contributed by atoms with Gasteiger partial charge in [0.05, 0.1) is 0 Å². The van der Waals surface area contributed by atoms with E-state index in [1.807, 2.05) is 6.92 Å². The predicted octanol–water partition coefficient (Wildman–Crippen LogP) is 5.61. The van der Waals surface area contributed by atoms with Crippen LogP contribution >= 0.6 is 0 Å². The van der Waals surface area contributed by atoms with Gasteiger partial charge in [0.2, 0.25) is 0 Å². The molecule has 0 heterocycles. The van der Waals surface area contributed by atoms with Gasteiger partial charge in [-0.05, 0) is 0 Å². The summed E-state index contributed by atoms with van der Waals surface area (Å²) in [5.74, 6) is 0. The Labute approximate surface area is 120 Å². The molecule has 0 aromatic rings. The Balaban J connectivity index is 4.84. The summed E-state index contributed by atoms with van der Waals surface area (Å²) in [5, 5.41) is 10.1. The molecule has 0 saturated heterocycles. The standard InChI is InChI=1S/C4H9O.3C4H9.Sn/c1-3-4(2)5;3*1-3-4-2;/h3-5H,1-2H3;3*1,3-4H2,2H3;. The molecule has 2 heteroatoms. The van der Waals surface area contributed by atoms with Gasteiger partial charge >= 0.3 is 120 Å². The maximum absolute atomic E-state index is 10.1. The van der Waals surface area contributed by atoms with Crippen molar-refractivity contribution in [3.8, 4) is 0 Å². The Kier molecular flexibility index (Phi) is 11.0. The van der Waals surface area contributed by atoms with Crippen LogP contribution in [0.15, 0.2) is 0 Å². The number of hydrogen-bond acceptors (Lipinski definition) is 1. The molecule has 0 spiro atoms. The third-order valence-corrected chi connectivity index (χ3v) is 23.2. The van der Waals surface area contributed by atoms with Gasteiger partial charge < -0.3 is 0 Å². The van der Waals surface area contributed by atoms with Gasteiger partial charge in [-0.3, -0.25) is 0 Å². The summed E-state index contributed by atoms with van der Waals surface area (Å²) in [6.07, 6.45) is 8.10. The number of aliphatic hydroxyl groups excluding tert-OH is 1. The van der Waals surface area contributed by atoms with Crippen molar-refractivity contribution < 1.29 is 5.11 Å². The first-order valence-corrected chi connectivity index (χ1v) is 15.9. The van der Waals surface area contributed by atoms with Crippen LogP contribution in [0.3, 0.4) is 0 Å². The maximum atomic E-state index is 10.1. The molecular weight excluding hydrogens is 327 g/mol. The van der Waals surface area contributed by atoms with Gasteiger partial charge in [-0.2, -0.15) is 0 Å². The molecular formula is C16H36OSn. The molecule has 0 aliphatic rings. The van der Waals surface area contributed by atoms with Crippen molar-refractivity contribution in [2.24, 2.45) is 0 Å². The molecule has 0 aromatic carbocycles. The van der Waals surface area contributed by atoms with Gasteiger partial charge in [0.25, 0.3) is 0 Å². The van der Waals surface area contributed by atoms with Crippen LogP contribution in [0, 0.1) is 0 Å². The van der Waals surface area contributed by atoms with Gasteiger partial charge in [-0.1, -0.05) is 0 Å². The summed E-state index contributed by atoms with van der Waals surface area (Å²) in [6.45, 7) is 11.3. The van der Waals surface area contributed by atoms with Gasteiger partial charge in [-0.15, -0.1) is 0 Å². The molecule has 0 fully saturated rings. The predicted molar refractivity (Wildman–Crippen MR) is 86.0 cm³/mol. The minimum atomic E-state index is -2.12. The summed E-state index contributed by atoms with van der Waals surface area (Å²) in [4.78, 5) is 0. The fraction of sp³-hybridized carbons (Fsp3) is 1.00. The minimum absolute atomic E-state index is 0.0774. The molecule has 0 radical (unpaired) electrons. The van der Waals surface area contributed by atoms with E-state index >= 15 is 0 Å². The molecule has 1 nitrogen and oxygen atoms in total. The Hall–Kier alpha value is 0.759. The van der Waals surface area contributed by atoms with Crippen LogP contribution in [-0.4, -0.2) is 29.6 Å². The first-order valence-electron chi connectivity index (χ1n) is 8.22. The van der Waals surface area contributed by atoms with Crippen molar-refractivity contribution in [3.63, 3.8) is 0 Å². The quantitative estimate of drug-likeness (QED) is 0.474.